The molecule has 0 fully saturated rings. The Bertz CT molecular complexity index is 581. The fraction of sp³-hybridized carbons (Fsp3) is 0.0909. The average Bonchev–Trinajstić information content (AvgIpc) is 2.33. The molecule has 0 atom stereocenters. The highest BCUT2D eigenvalue weighted by Crippen LogP contribution is 2.31. The third-order valence-corrected chi connectivity index (χ3v) is 3.63. The van der Waals surface area contributed by atoms with E-state index in [0.717, 1.165) is 30.0 Å². The zero-order chi connectivity index (χ0) is 13.1. The highest BCUT2D eigenvalue weighted by Gasteiger charge is 2.09. The Morgan fingerprint density at radius 3 is 2.67 bits per heavy atom. The number of hydrogen-bond acceptors (Lipinski definition) is 4. The zero-order valence-corrected chi connectivity index (χ0v) is 11.5. The summed E-state index contributed by atoms with van der Waals surface area (Å²) in [6.07, 6.45) is 1.81. The van der Waals surface area contributed by atoms with Gasteiger partial charge >= 0.3 is 0 Å². The molecule has 0 amide bonds. The highest BCUT2D eigenvalue weighted by atomic mass is 35.5. The van der Waals surface area contributed by atoms with Gasteiger partial charge in [0.05, 0.1) is 4.90 Å². The molecule has 0 saturated carbocycles. The van der Waals surface area contributed by atoms with Crippen molar-refractivity contribution in [3.63, 3.8) is 0 Å². The van der Waals surface area contributed by atoms with Crippen LogP contribution in [0.15, 0.2) is 39.3 Å². The molecule has 2 aromatic rings. The first-order chi connectivity index (χ1) is 8.58. The minimum absolute atomic E-state index is 0.164. The molecule has 0 spiro atoms. The normalized spacial score (nSPS) is 10.7. The Morgan fingerprint density at radius 2 is 1.94 bits per heavy atom. The van der Waals surface area contributed by atoms with Crippen molar-refractivity contribution in [1.29, 1.82) is 0 Å². The summed E-state index contributed by atoms with van der Waals surface area (Å²) in [7, 11) is 0. The van der Waals surface area contributed by atoms with E-state index in [0.29, 0.717) is 10.2 Å². The van der Waals surface area contributed by atoms with Crippen molar-refractivity contribution in [3.8, 4) is 0 Å². The largest absolute Gasteiger partial charge is 0.216 e. The van der Waals surface area contributed by atoms with Crippen LogP contribution in [-0.4, -0.2) is 16.2 Å². The van der Waals surface area contributed by atoms with Crippen molar-refractivity contribution >= 4 is 35.1 Å². The third kappa shape index (κ3) is 3.34. The molecule has 1 aromatic heterocycles. The molecule has 0 aliphatic carbocycles. The fourth-order valence-electron chi connectivity index (χ4n) is 1.19. The van der Waals surface area contributed by atoms with E-state index in [4.69, 9.17) is 11.6 Å². The molecule has 0 aliphatic rings. The number of thioether (sulfide) groups is 1. The standard InChI is InChI=1S/C11H7ClF2N2S2/c1-17-11-15-9(12)5-10(16-11)18-8-4-6(13)2-3-7(8)14/h2-5H,1H3. The third-order valence-electron chi connectivity index (χ3n) is 1.94. The van der Waals surface area contributed by atoms with Crippen molar-refractivity contribution in [3.05, 3.63) is 41.1 Å². The molecular weight excluding hydrogens is 298 g/mol. The van der Waals surface area contributed by atoms with Crippen LogP contribution in [0.4, 0.5) is 8.78 Å². The summed E-state index contributed by atoms with van der Waals surface area (Å²) >= 11 is 8.16. The minimum atomic E-state index is -0.498. The quantitative estimate of drug-likeness (QED) is 0.480. The summed E-state index contributed by atoms with van der Waals surface area (Å²) in [5, 5.41) is 1.24. The lowest BCUT2D eigenvalue weighted by atomic mass is 10.3. The van der Waals surface area contributed by atoms with Gasteiger partial charge < -0.3 is 0 Å². The maximum absolute atomic E-state index is 13.5. The van der Waals surface area contributed by atoms with Gasteiger partial charge in [-0.25, -0.2) is 18.7 Å². The van der Waals surface area contributed by atoms with Gasteiger partial charge in [-0.05, 0) is 24.5 Å². The number of aromatic nitrogens is 2. The van der Waals surface area contributed by atoms with Crippen LogP contribution in [0.1, 0.15) is 0 Å². The van der Waals surface area contributed by atoms with Gasteiger partial charge in [-0.2, -0.15) is 0 Å². The highest BCUT2D eigenvalue weighted by molar-refractivity contribution is 7.99. The summed E-state index contributed by atoms with van der Waals surface area (Å²) in [5.74, 6) is -0.994. The topological polar surface area (TPSA) is 25.8 Å². The lowest BCUT2D eigenvalue weighted by molar-refractivity contribution is 0.577. The summed E-state index contributed by atoms with van der Waals surface area (Å²) in [4.78, 5) is 8.29. The Morgan fingerprint density at radius 1 is 1.17 bits per heavy atom. The Kier molecular flexibility index (Phi) is 4.42. The van der Waals surface area contributed by atoms with Crippen LogP contribution in [0, 0.1) is 11.6 Å². The predicted octanol–water partition coefficient (Wildman–Crippen LogP) is 4.28. The van der Waals surface area contributed by atoms with Crippen LogP contribution in [0.2, 0.25) is 5.15 Å². The van der Waals surface area contributed by atoms with Gasteiger partial charge in [0, 0.05) is 6.07 Å². The zero-order valence-electron chi connectivity index (χ0n) is 9.15. The van der Waals surface area contributed by atoms with E-state index in [1.54, 1.807) is 0 Å². The van der Waals surface area contributed by atoms with E-state index in [-0.39, 0.29) is 10.0 Å². The number of hydrogen-bond donors (Lipinski definition) is 0. The van der Waals surface area contributed by atoms with Crippen LogP contribution < -0.4 is 0 Å². The van der Waals surface area contributed by atoms with Crippen molar-refractivity contribution in [2.45, 2.75) is 15.1 Å². The van der Waals surface area contributed by atoms with Crippen LogP contribution in [0.25, 0.3) is 0 Å². The summed E-state index contributed by atoms with van der Waals surface area (Å²) < 4.78 is 26.5. The van der Waals surface area contributed by atoms with Gasteiger partial charge in [0.2, 0.25) is 0 Å². The van der Waals surface area contributed by atoms with E-state index in [9.17, 15) is 8.78 Å². The average molecular weight is 305 g/mol. The molecule has 0 radical (unpaired) electrons. The molecule has 2 nitrogen and oxygen atoms in total. The molecule has 0 bridgehead atoms. The first-order valence-corrected chi connectivity index (χ1v) is 7.22. The van der Waals surface area contributed by atoms with Gasteiger partial charge in [-0.1, -0.05) is 35.1 Å². The smallest absolute Gasteiger partial charge is 0.189 e. The van der Waals surface area contributed by atoms with Crippen molar-refractivity contribution < 1.29 is 8.78 Å². The molecule has 0 saturated heterocycles. The second-order valence-corrected chi connectivity index (χ2v) is 5.42. The molecule has 18 heavy (non-hydrogen) atoms. The molecule has 1 aromatic carbocycles. The molecule has 0 N–H and O–H groups in total. The molecular formula is C11H7ClF2N2S2. The lowest BCUT2D eigenvalue weighted by Gasteiger charge is -2.04. The predicted molar refractivity (Wildman–Crippen MR) is 69.3 cm³/mol. The van der Waals surface area contributed by atoms with E-state index >= 15 is 0 Å². The number of halogens is 3. The van der Waals surface area contributed by atoms with Gasteiger partial charge in [0.15, 0.2) is 5.16 Å². The first-order valence-electron chi connectivity index (χ1n) is 4.80. The second kappa shape index (κ2) is 5.86. The Balaban J connectivity index is 2.33. The Hall–Kier alpha value is -0.850. The minimum Gasteiger partial charge on any atom is -0.216 e. The molecule has 2 rings (SSSR count). The van der Waals surface area contributed by atoms with Gasteiger partial charge in [0.1, 0.15) is 21.8 Å². The molecule has 0 aliphatic heterocycles. The monoisotopic (exact) mass is 304 g/mol. The molecule has 0 unspecified atom stereocenters. The maximum Gasteiger partial charge on any atom is 0.189 e. The number of benzene rings is 1. The molecule has 1 heterocycles. The van der Waals surface area contributed by atoms with Crippen LogP contribution in [0.5, 0.6) is 0 Å². The van der Waals surface area contributed by atoms with E-state index in [1.165, 1.54) is 17.8 Å². The maximum atomic E-state index is 13.5. The number of nitrogens with zero attached hydrogens (tertiary/aromatic N) is 2. The van der Waals surface area contributed by atoms with Crippen molar-refractivity contribution in [2.75, 3.05) is 6.26 Å². The van der Waals surface area contributed by atoms with Crippen molar-refractivity contribution in [1.82, 2.24) is 9.97 Å². The van der Waals surface area contributed by atoms with Gasteiger partial charge in [-0.3, -0.25) is 0 Å². The Labute approximate surface area is 116 Å². The van der Waals surface area contributed by atoms with Gasteiger partial charge in [-0.15, -0.1) is 0 Å². The summed E-state index contributed by atoms with van der Waals surface area (Å²) in [5.41, 5.74) is 0. The van der Waals surface area contributed by atoms with Crippen LogP contribution >= 0.6 is 35.1 Å². The summed E-state index contributed by atoms with van der Waals surface area (Å²) in [6, 6.07) is 4.78. The molecule has 94 valence electrons. The van der Waals surface area contributed by atoms with E-state index in [2.05, 4.69) is 9.97 Å². The molecule has 7 heteroatoms. The second-order valence-electron chi connectivity index (χ2n) is 3.19. The van der Waals surface area contributed by atoms with Gasteiger partial charge in [0.25, 0.3) is 0 Å². The fourth-order valence-corrected chi connectivity index (χ4v) is 2.79. The summed E-state index contributed by atoms with van der Waals surface area (Å²) in [6.45, 7) is 0. The van der Waals surface area contributed by atoms with Crippen LogP contribution in [0.3, 0.4) is 0 Å². The van der Waals surface area contributed by atoms with E-state index in [1.807, 2.05) is 6.26 Å². The number of rotatable bonds is 3. The first kappa shape index (κ1) is 13.6. The van der Waals surface area contributed by atoms with Crippen LogP contribution in [-0.2, 0) is 0 Å². The lowest BCUT2D eigenvalue weighted by Crippen LogP contribution is -1.90. The SMILES string of the molecule is CSc1nc(Cl)cc(Sc2cc(F)ccc2F)n1. The van der Waals surface area contributed by atoms with E-state index < -0.39 is 11.6 Å². The van der Waals surface area contributed by atoms with Crippen molar-refractivity contribution in [2.24, 2.45) is 0 Å².